The predicted octanol–water partition coefficient (Wildman–Crippen LogP) is 3.59. The Kier molecular flexibility index (Phi) is 6.21. The normalized spacial score (nSPS) is 11.2. The Balaban J connectivity index is 1.93. The summed E-state index contributed by atoms with van der Waals surface area (Å²) in [5.74, 6) is 0.600. The Labute approximate surface area is 149 Å². The minimum atomic E-state index is -0.239. The number of nitrogens with zero attached hydrogens (tertiary/aromatic N) is 1. The van der Waals surface area contributed by atoms with Crippen LogP contribution in [0.3, 0.4) is 0 Å². The Morgan fingerprint density at radius 2 is 1.96 bits per heavy atom. The van der Waals surface area contributed by atoms with Gasteiger partial charge < -0.3 is 14.8 Å². The van der Waals surface area contributed by atoms with E-state index < -0.39 is 0 Å². The van der Waals surface area contributed by atoms with E-state index in [1.807, 2.05) is 37.3 Å². The largest absolute Gasteiger partial charge is 0.493 e. The number of halogens is 1. The molecule has 124 valence electrons. The first-order valence-corrected chi connectivity index (χ1v) is 8.08. The van der Waals surface area contributed by atoms with E-state index in [2.05, 4.69) is 21.2 Å². The van der Waals surface area contributed by atoms with Gasteiger partial charge >= 0.3 is 0 Å². The summed E-state index contributed by atoms with van der Waals surface area (Å²) in [7, 11) is 1.49. The van der Waals surface area contributed by atoms with Crippen LogP contribution in [0.4, 0.5) is 0 Å². The van der Waals surface area contributed by atoms with Gasteiger partial charge in [0, 0.05) is 10.5 Å². The van der Waals surface area contributed by atoms with Gasteiger partial charge in [-0.25, -0.2) is 0 Å². The van der Waals surface area contributed by atoms with Crippen LogP contribution in [0.15, 0.2) is 46.9 Å². The molecule has 0 radical (unpaired) electrons. The summed E-state index contributed by atoms with van der Waals surface area (Å²) in [6.07, 6.45) is 0. The molecule has 0 saturated carbocycles. The highest BCUT2D eigenvalue weighted by molar-refractivity contribution is 9.10. The van der Waals surface area contributed by atoms with Crippen molar-refractivity contribution >= 4 is 21.8 Å². The molecule has 24 heavy (non-hydrogen) atoms. The first-order valence-electron chi connectivity index (χ1n) is 7.29. The molecule has 0 aliphatic rings. The Hall–Kier alpha value is -2.52. The first-order chi connectivity index (χ1) is 11.5. The van der Waals surface area contributed by atoms with E-state index in [1.165, 1.54) is 7.11 Å². The van der Waals surface area contributed by atoms with Gasteiger partial charge in [-0.1, -0.05) is 28.1 Å². The van der Waals surface area contributed by atoms with E-state index in [-0.39, 0.29) is 18.6 Å². The molecule has 0 bridgehead atoms. The number of hydrogen-bond acceptors (Lipinski definition) is 4. The molecule has 0 aromatic heterocycles. The third kappa shape index (κ3) is 4.74. The van der Waals surface area contributed by atoms with Gasteiger partial charge in [0.25, 0.3) is 5.91 Å². The predicted molar refractivity (Wildman–Crippen MR) is 93.9 cm³/mol. The molecule has 6 heteroatoms. The van der Waals surface area contributed by atoms with Crippen molar-refractivity contribution in [1.29, 1.82) is 5.26 Å². The van der Waals surface area contributed by atoms with Crippen LogP contribution in [0.1, 0.15) is 24.1 Å². The Morgan fingerprint density at radius 3 is 2.58 bits per heavy atom. The Bertz CT molecular complexity index is 754. The summed E-state index contributed by atoms with van der Waals surface area (Å²) >= 11 is 3.38. The molecule has 0 aliphatic carbocycles. The zero-order valence-corrected chi connectivity index (χ0v) is 15.0. The highest BCUT2D eigenvalue weighted by atomic mass is 79.9. The summed E-state index contributed by atoms with van der Waals surface area (Å²) in [4.78, 5) is 12.1. The fraction of sp³-hybridized carbons (Fsp3) is 0.222. The van der Waals surface area contributed by atoms with Gasteiger partial charge in [0.15, 0.2) is 18.1 Å². The second-order valence-electron chi connectivity index (χ2n) is 5.11. The topological polar surface area (TPSA) is 71.3 Å². The van der Waals surface area contributed by atoms with Crippen LogP contribution in [0.2, 0.25) is 0 Å². The zero-order valence-electron chi connectivity index (χ0n) is 13.4. The lowest BCUT2D eigenvalue weighted by Gasteiger charge is -2.15. The molecule has 0 fully saturated rings. The maximum atomic E-state index is 12.1. The molecule has 2 aromatic rings. The number of hydrogen-bond donors (Lipinski definition) is 1. The molecule has 0 heterocycles. The summed E-state index contributed by atoms with van der Waals surface area (Å²) in [6.45, 7) is 1.77. The highest BCUT2D eigenvalue weighted by Crippen LogP contribution is 2.27. The van der Waals surface area contributed by atoms with Crippen LogP contribution in [0.25, 0.3) is 0 Å². The lowest BCUT2D eigenvalue weighted by atomic mass is 10.1. The average Bonchev–Trinajstić information content (AvgIpc) is 2.60. The summed E-state index contributed by atoms with van der Waals surface area (Å²) in [6, 6.07) is 14.4. The van der Waals surface area contributed by atoms with Crippen molar-refractivity contribution in [1.82, 2.24) is 5.32 Å². The maximum Gasteiger partial charge on any atom is 0.258 e. The molecular formula is C18H17BrN2O3. The number of nitriles is 1. The Morgan fingerprint density at radius 1 is 1.25 bits per heavy atom. The molecule has 1 N–H and O–H groups in total. The van der Waals surface area contributed by atoms with E-state index in [0.717, 1.165) is 10.0 Å². The summed E-state index contributed by atoms with van der Waals surface area (Å²) in [5.41, 5.74) is 1.47. The van der Waals surface area contributed by atoms with Gasteiger partial charge in [-0.2, -0.15) is 5.26 Å². The minimum absolute atomic E-state index is 0.128. The molecular weight excluding hydrogens is 372 g/mol. The molecule has 1 amide bonds. The fourth-order valence-corrected chi connectivity index (χ4v) is 2.38. The van der Waals surface area contributed by atoms with Gasteiger partial charge in [-0.15, -0.1) is 0 Å². The van der Waals surface area contributed by atoms with E-state index in [9.17, 15) is 4.79 Å². The third-order valence-electron chi connectivity index (χ3n) is 3.40. The summed E-state index contributed by atoms with van der Waals surface area (Å²) < 4.78 is 11.6. The second kappa shape index (κ2) is 8.37. The van der Waals surface area contributed by atoms with E-state index in [0.29, 0.717) is 17.1 Å². The van der Waals surface area contributed by atoms with E-state index in [4.69, 9.17) is 14.7 Å². The molecule has 1 unspecified atom stereocenters. The van der Waals surface area contributed by atoms with Crippen molar-refractivity contribution in [2.45, 2.75) is 13.0 Å². The van der Waals surface area contributed by atoms with Gasteiger partial charge in [0.1, 0.15) is 0 Å². The number of carbonyl (C=O) groups excluding carboxylic acids is 1. The number of benzene rings is 2. The lowest BCUT2D eigenvalue weighted by molar-refractivity contribution is -0.123. The van der Waals surface area contributed by atoms with Crippen LogP contribution in [0, 0.1) is 11.3 Å². The number of rotatable bonds is 6. The first kappa shape index (κ1) is 17.8. The van der Waals surface area contributed by atoms with Gasteiger partial charge in [0.05, 0.1) is 24.8 Å². The monoisotopic (exact) mass is 388 g/mol. The number of carbonyl (C=O) groups is 1. The van der Waals surface area contributed by atoms with Crippen molar-refractivity contribution in [2.75, 3.05) is 13.7 Å². The van der Waals surface area contributed by atoms with Crippen LogP contribution < -0.4 is 14.8 Å². The van der Waals surface area contributed by atoms with Crippen molar-refractivity contribution in [3.63, 3.8) is 0 Å². The van der Waals surface area contributed by atoms with Gasteiger partial charge in [-0.3, -0.25) is 4.79 Å². The molecule has 0 spiro atoms. The van der Waals surface area contributed by atoms with Gasteiger partial charge in [0.2, 0.25) is 0 Å². The molecule has 0 saturated heterocycles. The molecule has 1 atom stereocenters. The highest BCUT2D eigenvalue weighted by Gasteiger charge is 2.12. The average molecular weight is 389 g/mol. The van der Waals surface area contributed by atoms with Crippen molar-refractivity contribution < 1.29 is 14.3 Å². The quantitative estimate of drug-likeness (QED) is 0.820. The SMILES string of the molecule is COc1cc(C#N)ccc1OCC(=O)NC(C)c1ccc(Br)cc1. The number of amides is 1. The third-order valence-corrected chi connectivity index (χ3v) is 3.93. The van der Waals surface area contributed by atoms with Crippen LogP contribution >= 0.6 is 15.9 Å². The van der Waals surface area contributed by atoms with Crippen molar-refractivity contribution in [2.24, 2.45) is 0 Å². The molecule has 0 aliphatic heterocycles. The minimum Gasteiger partial charge on any atom is -0.493 e. The number of methoxy groups -OCH3 is 1. The van der Waals surface area contributed by atoms with Crippen molar-refractivity contribution in [3.05, 3.63) is 58.1 Å². The fourth-order valence-electron chi connectivity index (χ4n) is 2.12. The molecule has 5 nitrogen and oxygen atoms in total. The number of ether oxygens (including phenoxy) is 2. The lowest BCUT2D eigenvalue weighted by Crippen LogP contribution is -2.31. The summed E-state index contributed by atoms with van der Waals surface area (Å²) in [5, 5.41) is 11.8. The maximum absolute atomic E-state index is 12.1. The second-order valence-corrected chi connectivity index (χ2v) is 6.02. The number of nitrogens with one attached hydrogen (secondary N) is 1. The standard InChI is InChI=1S/C18H17BrN2O3/c1-12(14-4-6-15(19)7-5-14)21-18(22)11-24-16-8-3-13(10-20)9-17(16)23-2/h3-9,12H,11H2,1-2H3,(H,21,22). The van der Waals surface area contributed by atoms with E-state index in [1.54, 1.807) is 18.2 Å². The van der Waals surface area contributed by atoms with E-state index >= 15 is 0 Å². The van der Waals surface area contributed by atoms with Gasteiger partial charge in [-0.05, 0) is 36.8 Å². The van der Waals surface area contributed by atoms with Crippen LogP contribution in [-0.4, -0.2) is 19.6 Å². The van der Waals surface area contributed by atoms with Crippen LogP contribution in [0.5, 0.6) is 11.5 Å². The molecule has 2 rings (SSSR count). The molecule has 2 aromatic carbocycles. The van der Waals surface area contributed by atoms with Crippen molar-refractivity contribution in [3.8, 4) is 17.6 Å². The van der Waals surface area contributed by atoms with Crippen LogP contribution in [-0.2, 0) is 4.79 Å². The zero-order chi connectivity index (χ0) is 17.5. The smallest absolute Gasteiger partial charge is 0.258 e.